The molecular weight excluding hydrogens is 305 g/mol. The minimum atomic E-state index is -4.42. The van der Waals surface area contributed by atoms with E-state index >= 15 is 0 Å². The van der Waals surface area contributed by atoms with Crippen LogP contribution in [0.3, 0.4) is 0 Å². The lowest BCUT2D eigenvalue weighted by Gasteiger charge is -2.10. The molecule has 3 aromatic rings. The summed E-state index contributed by atoms with van der Waals surface area (Å²) in [5.74, 6) is -0.469. The second-order valence-electron chi connectivity index (χ2n) is 4.93. The third kappa shape index (κ3) is 3.15. The van der Waals surface area contributed by atoms with Crippen molar-refractivity contribution in [2.75, 3.05) is 5.32 Å². The number of carbonyl (C=O) groups excluding carboxylic acids is 1. The first-order chi connectivity index (χ1) is 10.9. The topological polar surface area (TPSA) is 42.0 Å². The van der Waals surface area contributed by atoms with Crippen LogP contribution in [0.2, 0.25) is 0 Å². The number of carbonyl (C=O) groups is 1. The number of fused-ring (bicyclic) bond motifs is 1. The highest BCUT2D eigenvalue weighted by Crippen LogP contribution is 2.29. The van der Waals surface area contributed by atoms with Gasteiger partial charge < -0.3 is 5.32 Å². The minimum absolute atomic E-state index is 0.157. The molecule has 2 aromatic carbocycles. The molecule has 1 N–H and O–H groups in total. The van der Waals surface area contributed by atoms with Gasteiger partial charge in [-0.1, -0.05) is 12.1 Å². The first-order valence-corrected chi connectivity index (χ1v) is 6.76. The summed E-state index contributed by atoms with van der Waals surface area (Å²) in [4.78, 5) is 16.2. The van der Waals surface area contributed by atoms with E-state index in [1.165, 1.54) is 0 Å². The van der Waals surface area contributed by atoms with Crippen LogP contribution in [0.15, 0.2) is 60.9 Å². The number of halogens is 3. The monoisotopic (exact) mass is 316 g/mol. The van der Waals surface area contributed by atoms with Gasteiger partial charge in [-0.15, -0.1) is 0 Å². The van der Waals surface area contributed by atoms with Gasteiger partial charge in [0.25, 0.3) is 5.91 Å². The SMILES string of the molecule is O=C(Nc1cccc2cnccc12)c1ccc(C(F)(F)F)cc1. The van der Waals surface area contributed by atoms with Gasteiger partial charge in [0.15, 0.2) is 0 Å². The second-order valence-corrected chi connectivity index (χ2v) is 4.93. The van der Waals surface area contributed by atoms with Crippen LogP contribution >= 0.6 is 0 Å². The summed E-state index contributed by atoms with van der Waals surface area (Å²) in [6.45, 7) is 0. The van der Waals surface area contributed by atoms with Crippen LogP contribution in [0.1, 0.15) is 15.9 Å². The Hall–Kier alpha value is -2.89. The normalized spacial score (nSPS) is 11.4. The van der Waals surface area contributed by atoms with E-state index in [9.17, 15) is 18.0 Å². The van der Waals surface area contributed by atoms with E-state index in [0.717, 1.165) is 35.0 Å². The van der Waals surface area contributed by atoms with Crippen LogP contribution in [0, 0.1) is 0 Å². The Morgan fingerprint density at radius 1 is 1.00 bits per heavy atom. The molecule has 0 bridgehead atoms. The Labute approximate surface area is 129 Å². The van der Waals surface area contributed by atoms with E-state index in [0.29, 0.717) is 5.69 Å². The molecule has 1 aromatic heterocycles. The lowest BCUT2D eigenvalue weighted by atomic mass is 10.1. The standard InChI is InChI=1S/C17H11F3N2O/c18-17(19,20)13-6-4-11(5-7-13)16(23)22-15-3-1-2-12-10-21-9-8-14(12)15/h1-10H,(H,22,23). The Morgan fingerprint density at radius 2 is 1.74 bits per heavy atom. The average Bonchev–Trinajstić information content (AvgIpc) is 2.54. The van der Waals surface area contributed by atoms with Crippen LogP contribution in [-0.2, 0) is 6.18 Å². The average molecular weight is 316 g/mol. The molecule has 3 nitrogen and oxygen atoms in total. The zero-order valence-electron chi connectivity index (χ0n) is 11.8. The molecule has 0 aliphatic carbocycles. The number of aromatic nitrogens is 1. The highest BCUT2D eigenvalue weighted by atomic mass is 19.4. The van der Waals surface area contributed by atoms with Crippen molar-refractivity contribution < 1.29 is 18.0 Å². The van der Waals surface area contributed by atoms with Crippen molar-refractivity contribution in [2.45, 2.75) is 6.18 Å². The number of rotatable bonds is 2. The van der Waals surface area contributed by atoms with Crippen molar-refractivity contribution in [3.05, 3.63) is 72.1 Å². The number of anilines is 1. The molecule has 1 heterocycles. The number of hydrogen-bond acceptors (Lipinski definition) is 2. The highest BCUT2D eigenvalue weighted by Gasteiger charge is 2.30. The highest BCUT2D eigenvalue weighted by molar-refractivity contribution is 6.09. The quantitative estimate of drug-likeness (QED) is 0.756. The van der Waals surface area contributed by atoms with Crippen LogP contribution in [-0.4, -0.2) is 10.9 Å². The van der Waals surface area contributed by atoms with Gasteiger partial charge in [0.05, 0.1) is 5.56 Å². The van der Waals surface area contributed by atoms with Crippen molar-refractivity contribution in [2.24, 2.45) is 0 Å². The van der Waals surface area contributed by atoms with Gasteiger partial charge in [-0.2, -0.15) is 13.2 Å². The summed E-state index contributed by atoms with van der Waals surface area (Å²) >= 11 is 0. The van der Waals surface area contributed by atoms with E-state index in [4.69, 9.17) is 0 Å². The summed E-state index contributed by atoms with van der Waals surface area (Å²) < 4.78 is 37.6. The summed E-state index contributed by atoms with van der Waals surface area (Å²) in [6.07, 6.45) is -1.14. The third-order valence-electron chi connectivity index (χ3n) is 3.40. The third-order valence-corrected chi connectivity index (χ3v) is 3.40. The lowest BCUT2D eigenvalue weighted by Crippen LogP contribution is -2.13. The van der Waals surface area contributed by atoms with Crippen molar-refractivity contribution in [3.8, 4) is 0 Å². The maximum Gasteiger partial charge on any atom is 0.416 e. The molecule has 0 saturated carbocycles. The molecular formula is C17H11F3N2O. The van der Waals surface area contributed by atoms with Crippen molar-refractivity contribution in [1.82, 2.24) is 4.98 Å². The number of nitrogens with one attached hydrogen (secondary N) is 1. The summed E-state index contributed by atoms with van der Waals surface area (Å²) in [5, 5.41) is 4.38. The molecule has 0 aliphatic rings. The molecule has 0 atom stereocenters. The Morgan fingerprint density at radius 3 is 2.43 bits per heavy atom. The predicted octanol–water partition coefficient (Wildman–Crippen LogP) is 4.51. The zero-order valence-corrected chi connectivity index (χ0v) is 11.8. The number of nitrogens with zero attached hydrogens (tertiary/aromatic N) is 1. The summed E-state index contributed by atoms with van der Waals surface area (Å²) in [7, 11) is 0. The number of pyridine rings is 1. The van der Waals surface area contributed by atoms with Gasteiger partial charge in [-0.25, -0.2) is 0 Å². The fourth-order valence-electron chi connectivity index (χ4n) is 2.24. The molecule has 3 rings (SSSR count). The fourth-order valence-corrected chi connectivity index (χ4v) is 2.24. The number of hydrogen-bond donors (Lipinski definition) is 1. The second kappa shape index (κ2) is 5.72. The Bertz CT molecular complexity index is 852. The van der Waals surface area contributed by atoms with Gasteiger partial charge >= 0.3 is 6.18 Å². The predicted molar refractivity (Wildman–Crippen MR) is 81.1 cm³/mol. The smallest absolute Gasteiger partial charge is 0.321 e. The maximum absolute atomic E-state index is 12.5. The lowest BCUT2D eigenvalue weighted by molar-refractivity contribution is -0.137. The maximum atomic E-state index is 12.5. The Balaban J connectivity index is 1.86. The first-order valence-electron chi connectivity index (χ1n) is 6.76. The summed E-state index contributed by atoms with van der Waals surface area (Å²) in [6, 6.07) is 11.2. The molecule has 0 saturated heterocycles. The number of benzene rings is 2. The largest absolute Gasteiger partial charge is 0.416 e. The van der Waals surface area contributed by atoms with Crippen LogP contribution < -0.4 is 5.32 Å². The molecule has 0 radical (unpaired) electrons. The van der Waals surface area contributed by atoms with E-state index in [-0.39, 0.29) is 5.56 Å². The van der Waals surface area contributed by atoms with Gasteiger partial charge in [0.1, 0.15) is 0 Å². The van der Waals surface area contributed by atoms with Crippen molar-refractivity contribution >= 4 is 22.4 Å². The Kier molecular flexibility index (Phi) is 3.73. The van der Waals surface area contributed by atoms with Gasteiger partial charge in [-0.3, -0.25) is 9.78 Å². The fraction of sp³-hybridized carbons (Fsp3) is 0.0588. The molecule has 23 heavy (non-hydrogen) atoms. The molecule has 0 unspecified atom stereocenters. The van der Waals surface area contributed by atoms with Crippen LogP contribution in [0.4, 0.5) is 18.9 Å². The van der Waals surface area contributed by atoms with Gasteiger partial charge in [0.2, 0.25) is 0 Å². The number of alkyl halides is 3. The van der Waals surface area contributed by atoms with E-state index in [1.807, 2.05) is 6.07 Å². The molecule has 116 valence electrons. The first kappa shape index (κ1) is 15.0. The molecule has 0 spiro atoms. The molecule has 0 aliphatic heterocycles. The van der Waals surface area contributed by atoms with Gasteiger partial charge in [0, 0.05) is 34.4 Å². The minimum Gasteiger partial charge on any atom is -0.321 e. The molecule has 6 heteroatoms. The van der Waals surface area contributed by atoms with E-state index < -0.39 is 17.6 Å². The van der Waals surface area contributed by atoms with E-state index in [2.05, 4.69) is 10.3 Å². The van der Waals surface area contributed by atoms with Crippen LogP contribution in [0.25, 0.3) is 10.8 Å². The molecule has 0 fully saturated rings. The number of amides is 1. The zero-order chi connectivity index (χ0) is 16.4. The van der Waals surface area contributed by atoms with Crippen LogP contribution in [0.5, 0.6) is 0 Å². The summed E-state index contributed by atoms with van der Waals surface area (Å²) in [5.41, 5.74) is -0.0517. The van der Waals surface area contributed by atoms with Crippen molar-refractivity contribution in [3.63, 3.8) is 0 Å². The molecule has 1 amide bonds. The van der Waals surface area contributed by atoms with Crippen molar-refractivity contribution in [1.29, 1.82) is 0 Å². The van der Waals surface area contributed by atoms with Gasteiger partial charge in [-0.05, 0) is 36.4 Å². The van der Waals surface area contributed by atoms with E-state index in [1.54, 1.807) is 30.6 Å².